The van der Waals surface area contributed by atoms with Gasteiger partial charge in [-0.1, -0.05) is 0 Å². The first-order valence-electron chi connectivity index (χ1n) is 4.59. The molecule has 0 aliphatic rings. The number of amides is 1. The third-order valence-corrected chi connectivity index (χ3v) is 2.55. The predicted molar refractivity (Wildman–Crippen MR) is 64.1 cm³/mol. The molecule has 0 spiro atoms. The van der Waals surface area contributed by atoms with Crippen LogP contribution in [0.25, 0.3) is 0 Å². The van der Waals surface area contributed by atoms with Crippen LogP contribution in [0.1, 0.15) is 10.5 Å². The molecule has 0 aliphatic carbocycles. The van der Waals surface area contributed by atoms with Gasteiger partial charge >= 0.3 is 0 Å². The number of halogens is 1. The van der Waals surface area contributed by atoms with E-state index in [9.17, 15) is 4.79 Å². The molecule has 1 N–H and O–H groups in total. The molecule has 0 saturated heterocycles. The van der Waals surface area contributed by atoms with Gasteiger partial charge in [-0.3, -0.25) is 9.78 Å². The van der Waals surface area contributed by atoms with Crippen molar-refractivity contribution in [1.29, 1.82) is 0 Å². The highest BCUT2D eigenvalue weighted by Gasteiger charge is 2.10. The second-order valence-corrected chi connectivity index (χ2v) is 3.88. The van der Waals surface area contributed by atoms with Crippen molar-refractivity contribution in [3.63, 3.8) is 0 Å². The number of anilines is 1. The second kappa shape index (κ2) is 4.85. The molecular weight excluding hydrogens is 270 g/mol. The molecule has 0 aromatic carbocycles. The molecule has 4 nitrogen and oxygen atoms in total. The SMILES string of the molecule is O=C(Nc1ccncc1)c1ncccc1Br. The summed E-state index contributed by atoms with van der Waals surface area (Å²) in [5.41, 5.74) is 1.05. The zero-order chi connectivity index (χ0) is 11.4. The summed E-state index contributed by atoms with van der Waals surface area (Å²) in [6.07, 6.45) is 4.80. The Morgan fingerprint density at radius 1 is 1.19 bits per heavy atom. The maximum Gasteiger partial charge on any atom is 0.275 e. The van der Waals surface area contributed by atoms with Gasteiger partial charge in [0.15, 0.2) is 0 Å². The quantitative estimate of drug-likeness (QED) is 0.918. The van der Waals surface area contributed by atoms with E-state index in [-0.39, 0.29) is 5.91 Å². The smallest absolute Gasteiger partial charge is 0.275 e. The minimum atomic E-state index is -0.251. The number of hydrogen-bond acceptors (Lipinski definition) is 3. The Morgan fingerprint density at radius 2 is 1.94 bits per heavy atom. The highest BCUT2D eigenvalue weighted by atomic mass is 79.9. The van der Waals surface area contributed by atoms with E-state index in [0.29, 0.717) is 15.9 Å². The number of aromatic nitrogens is 2. The summed E-state index contributed by atoms with van der Waals surface area (Å²) < 4.78 is 0.668. The van der Waals surface area contributed by atoms with E-state index in [1.165, 1.54) is 0 Å². The Bertz CT molecular complexity index is 502. The molecular formula is C11H8BrN3O. The maximum atomic E-state index is 11.8. The van der Waals surface area contributed by atoms with Crippen molar-refractivity contribution < 1.29 is 4.79 Å². The van der Waals surface area contributed by atoms with Gasteiger partial charge in [-0.15, -0.1) is 0 Å². The van der Waals surface area contributed by atoms with Crippen molar-refractivity contribution in [2.75, 3.05) is 5.32 Å². The number of hydrogen-bond donors (Lipinski definition) is 1. The van der Waals surface area contributed by atoms with Gasteiger partial charge in [0.05, 0.1) is 0 Å². The van der Waals surface area contributed by atoms with Crippen molar-refractivity contribution in [3.05, 3.63) is 53.0 Å². The monoisotopic (exact) mass is 277 g/mol. The van der Waals surface area contributed by atoms with E-state index in [0.717, 1.165) is 0 Å². The van der Waals surface area contributed by atoms with E-state index in [4.69, 9.17) is 0 Å². The number of pyridine rings is 2. The first kappa shape index (κ1) is 10.8. The average Bonchev–Trinajstić information content (AvgIpc) is 2.31. The summed E-state index contributed by atoms with van der Waals surface area (Å²) in [5, 5.41) is 2.73. The third-order valence-electron chi connectivity index (χ3n) is 1.91. The van der Waals surface area contributed by atoms with Crippen molar-refractivity contribution in [2.45, 2.75) is 0 Å². The Hall–Kier alpha value is -1.75. The Morgan fingerprint density at radius 3 is 2.62 bits per heavy atom. The molecule has 0 unspecified atom stereocenters. The van der Waals surface area contributed by atoms with Crippen LogP contribution in [0.2, 0.25) is 0 Å². The lowest BCUT2D eigenvalue weighted by molar-refractivity contribution is 0.102. The molecule has 2 rings (SSSR count). The average molecular weight is 278 g/mol. The van der Waals surface area contributed by atoms with Crippen LogP contribution in [0.3, 0.4) is 0 Å². The zero-order valence-electron chi connectivity index (χ0n) is 8.22. The molecule has 0 fully saturated rings. The molecule has 0 atom stereocenters. The minimum Gasteiger partial charge on any atom is -0.321 e. The standard InChI is InChI=1S/C11H8BrN3O/c12-9-2-1-5-14-10(9)11(16)15-8-3-6-13-7-4-8/h1-7H,(H,13,15,16). The lowest BCUT2D eigenvalue weighted by Gasteiger charge is -2.04. The van der Waals surface area contributed by atoms with Crippen LogP contribution < -0.4 is 5.32 Å². The van der Waals surface area contributed by atoms with Gasteiger partial charge in [0.25, 0.3) is 5.91 Å². The fraction of sp³-hybridized carbons (Fsp3) is 0. The Kier molecular flexibility index (Phi) is 3.26. The number of nitrogens with zero attached hydrogens (tertiary/aromatic N) is 2. The second-order valence-electron chi connectivity index (χ2n) is 3.02. The number of rotatable bonds is 2. The van der Waals surface area contributed by atoms with Gasteiger partial charge in [0.2, 0.25) is 0 Å². The van der Waals surface area contributed by atoms with Gasteiger partial charge < -0.3 is 5.32 Å². The first-order chi connectivity index (χ1) is 7.77. The van der Waals surface area contributed by atoms with Gasteiger partial charge in [-0.05, 0) is 40.2 Å². The van der Waals surface area contributed by atoms with Crippen LogP contribution in [-0.2, 0) is 0 Å². The summed E-state index contributed by atoms with van der Waals surface area (Å²) in [7, 11) is 0. The predicted octanol–water partition coefficient (Wildman–Crippen LogP) is 2.49. The van der Waals surface area contributed by atoms with Crippen LogP contribution in [-0.4, -0.2) is 15.9 Å². The maximum absolute atomic E-state index is 11.8. The van der Waals surface area contributed by atoms with Crippen LogP contribution in [0.4, 0.5) is 5.69 Å². The molecule has 2 aromatic heterocycles. The highest BCUT2D eigenvalue weighted by Crippen LogP contribution is 2.15. The van der Waals surface area contributed by atoms with Crippen LogP contribution >= 0.6 is 15.9 Å². The molecule has 16 heavy (non-hydrogen) atoms. The molecule has 0 saturated carbocycles. The number of carbonyl (C=O) groups excluding carboxylic acids is 1. The van der Waals surface area contributed by atoms with E-state index in [1.807, 2.05) is 0 Å². The number of nitrogens with one attached hydrogen (secondary N) is 1. The molecule has 0 radical (unpaired) electrons. The normalized spacial score (nSPS) is 9.81. The van der Waals surface area contributed by atoms with Gasteiger partial charge in [-0.2, -0.15) is 0 Å². The van der Waals surface area contributed by atoms with E-state index in [1.54, 1.807) is 42.9 Å². The van der Waals surface area contributed by atoms with E-state index < -0.39 is 0 Å². The van der Waals surface area contributed by atoms with Crippen LogP contribution in [0.5, 0.6) is 0 Å². The van der Waals surface area contributed by atoms with Gasteiger partial charge in [0, 0.05) is 28.8 Å². The first-order valence-corrected chi connectivity index (χ1v) is 5.38. The highest BCUT2D eigenvalue weighted by molar-refractivity contribution is 9.10. The zero-order valence-corrected chi connectivity index (χ0v) is 9.81. The lowest BCUT2D eigenvalue weighted by atomic mass is 10.3. The van der Waals surface area contributed by atoms with E-state index in [2.05, 4.69) is 31.2 Å². The van der Waals surface area contributed by atoms with Crippen molar-refractivity contribution in [3.8, 4) is 0 Å². The third kappa shape index (κ3) is 2.43. The molecule has 0 bridgehead atoms. The summed E-state index contributed by atoms with van der Waals surface area (Å²) in [6, 6.07) is 6.96. The molecule has 80 valence electrons. The summed E-state index contributed by atoms with van der Waals surface area (Å²) in [6.45, 7) is 0. The van der Waals surface area contributed by atoms with Gasteiger partial charge in [0.1, 0.15) is 5.69 Å². The molecule has 1 amide bonds. The van der Waals surface area contributed by atoms with Crippen molar-refractivity contribution >= 4 is 27.5 Å². The topological polar surface area (TPSA) is 54.9 Å². The summed E-state index contributed by atoms with van der Waals surface area (Å²) >= 11 is 3.27. The van der Waals surface area contributed by atoms with Crippen LogP contribution in [0.15, 0.2) is 47.3 Å². The van der Waals surface area contributed by atoms with E-state index >= 15 is 0 Å². The lowest BCUT2D eigenvalue weighted by Crippen LogP contribution is -2.14. The van der Waals surface area contributed by atoms with Crippen LogP contribution in [0, 0.1) is 0 Å². The Balaban J connectivity index is 2.19. The molecule has 0 aliphatic heterocycles. The Labute approximate surface area is 101 Å². The summed E-state index contributed by atoms with van der Waals surface area (Å²) in [5.74, 6) is -0.251. The van der Waals surface area contributed by atoms with Gasteiger partial charge in [-0.25, -0.2) is 4.98 Å². The van der Waals surface area contributed by atoms with Crippen molar-refractivity contribution in [2.24, 2.45) is 0 Å². The minimum absolute atomic E-state index is 0.251. The molecule has 5 heteroatoms. The summed E-state index contributed by atoms with van der Waals surface area (Å²) in [4.78, 5) is 19.7. The molecule has 2 heterocycles. The largest absolute Gasteiger partial charge is 0.321 e. The van der Waals surface area contributed by atoms with Crippen molar-refractivity contribution in [1.82, 2.24) is 9.97 Å². The fourth-order valence-corrected chi connectivity index (χ4v) is 1.61. The fourth-order valence-electron chi connectivity index (χ4n) is 1.18. The number of carbonyl (C=O) groups is 1. The molecule has 2 aromatic rings.